The first-order valence-corrected chi connectivity index (χ1v) is 7.02. The van der Waals surface area contributed by atoms with Gasteiger partial charge in [-0.1, -0.05) is 19.1 Å². The number of benzene rings is 1. The van der Waals surface area contributed by atoms with Gasteiger partial charge >= 0.3 is 6.03 Å². The number of urea groups is 1. The van der Waals surface area contributed by atoms with Crippen molar-refractivity contribution in [2.24, 2.45) is 0 Å². The number of aryl methyl sites for hydroxylation is 1. The summed E-state index contributed by atoms with van der Waals surface area (Å²) in [4.78, 5) is 14.2. The average molecular weight is 261 g/mol. The lowest BCUT2D eigenvalue weighted by molar-refractivity contribution is 0.221. The van der Waals surface area contributed by atoms with Crippen molar-refractivity contribution < 1.29 is 4.79 Å². The molecule has 1 aliphatic rings. The molecule has 0 atom stereocenters. The van der Waals surface area contributed by atoms with Gasteiger partial charge in [0.2, 0.25) is 0 Å². The van der Waals surface area contributed by atoms with Gasteiger partial charge in [0.15, 0.2) is 0 Å². The zero-order valence-electron chi connectivity index (χ0n) is 11.8. The van der Waals surface area contributed by atoms with E-state index in [0.717, 1.165) is 38.0 Å². The largest absolute Gasteiger partial charge is 0.335 e. The molecular formula is C15H23N3O. The van der Waals surface area contributed by atoms with Gasteiger partial charge in [0.05, 0.1) is 0 Å². The summed E-state index contributed by atoms with van der Waals surface area (Å²) in [5.41, 5.74) is 2.10. The van der Waals surface area contributed by atoms with Crippen LogP contribution in [0.1, 0.15) is 25.3 Å². The average Bonchev–Trinajstić information content (AvgIpc) is 2.41. The van der Waals surface area contributed by atoms with Crippen molar-refractivity contribution in [3.63, 3.8) is 0 Å². The normalized spacial score (nSPS) is 17.2. The first kappa shape index (κ1) is 13.9. The molecule has 1 aromatic rings. The smallest absolute Gasteiger partial charge is 0.319 e. The van der Waals surface area contributed by atoms with E-state index in [0.29, 0.717) is 6.04 Å². The minimum Gasteiger partial charge on any atom is -0.335 e. The van der Waals surface area contributed by atoms with E-state index >= 15 is 0 Å². The summed E-state index contributed by atoms with van der Waals surface area (Å²) in [6, 6.07) is 8.19. The van der Waals surface area contributed by atoms with Crippen LogP contribution in [0.4, 0.5) is 10.5 Å². The first-order chi connectivity index (χ1) is 9.17. The number of hydrogen-bond donors (Lipinski definition) is 2. The molecule has 2 amide bonds. The Labute approximate surface area is 115 Å². The molecule has 1 aliphatic heterocycles. The lowest BCUT2D eigenvalue weighted by Crippen LogP contribution is -2.44. The third kappa shape index (κ3) is 4.24. The second-order valence-electron chi connectivity index (χ2n) is 5.23. The van der Waals surface area contributed by atoms with Crippen LogP contribution in [0.15, 0.2) is 24.3 Å². The molecule has 1 saturated heterocycles. The van der Waals surface area contributed by atoms with Crippen LogP contribution in [-0.4, -0.2) is 37.1 Å². The highest BCUT2D eigenvalue weighted by atomic mass is 16.2. The number of nitrogens with zero attached hydrogens (tertiary/aromatic N) is 1. The molecule has 0 spiro atoms. The Morgan fingerprint density at radius 2 is 2.11 bits per heavy atom. The fourth-order valence-electron chi connectivity index (χ4n) is 2.37. The van der Waals surface area contributed by atoms with E-state index in [9.17, 15) is 4.79 Å². The highest BCUT2D eigenvalue weighted by Crippen LogP contribution is 2.12. The van der Waals surface area contributed by atoms with Crippen molar-refractivity contribution in [3.05, 3.63) is 29.8 Å². The van der Waals surface area contributed by atoms with Crippen LogP contribution >= 0.6 is 0 Å². The highest BCUT2D eigenvalue weighted by molar-refractivity contribution is 5.89. The van der Waals surface area contributed by atoms with E-state index in [1.54, 1.807) is 0 Å². The van der Waals surface area contributed by atoms with Crippen molar-refractivity contribution in [1.82, 2.24) is 10.2 Å². The zero-order valence-corrected chi connectivity index (χ0v) is 11.8. The van der Waals surface area contributed by atoms with E-state index in [2.05, 4.69) is 35.6 Å². The van der Waals surface area contributed by atoms with Crippen molar-refractivity contribution in [1.29, 1.82) is 0 Å². The molecule has 2 rings (SSSR count). The van der Waals surface area contributed by atoms with Crippen LogP contribution in [0.5, 0.6) is 0 Å². The second-order valence-corrected chi connectivity index (χ2v) is 5.23. The summed E-state index contributed by atoms with van der Waals surface area (Å²) >= 11 is 0. The van der Waals surface area contributed by atoms with Gasteiger partial charge in [-0.3, -0.25) is 0 Å². The summed E-state index contributed by atoms with van der Waals surface area (Å²) in [6.07, 6.45) is 3.03. The predicted octanol–water partition coefficient (Wildman–Crippen LogP) is 2.46. The maximum absolute atomic E-state index is 11.9. The van der Waals surface area contributed by atoms with Gasteiger partial charge in [-0.25, -0.2) is 4.79 Å². The second kappa shape index (κ2) is 6.57. The number of hydrogen-bond acceptors (Lipinski definition) is 2. The number of amides is 2. The van der Waals surface area contributed by atoms with Gasteiger partial charge in [-0.05, 0) is 57.1 Å². The molecule has 0 aromatic heterocycles. The Kier molecular flexibility index (Phi) is 4.80. The van der Waals surface area contributed by atoms with Crippen LogP contribution in [0.2, 0.25) is 0 Å². The lowest BCUT2D eigenvalue weighted by atomic mass is 10.1. The first-order valence-electron chi connectivity index (χ1n) is 7.02. The number of nitrogens with one attached hydrogen (secondary N) is 2. The van der Waals surface area contributed by atoms with Gasteiger partial charge in [-0.2, -0.15) is 0 Å². The molecule has 0 radical (unpaired) electrons. The van der Waals surface area contributed by atoms with Crippen molar-refractivity contribution in [3.8, 4) is 0 Å². The van der Waals surface area contributed by atoms with E-state index in [1.807, 2.05) is 18.2 Å². The molecule has 1 fully saturated rings. The Morgan fingerprint density at radius 1 is 1.37 bits per heavy atom. The van der Waals surface area contributed by atoms with E-state index in [4.69, 9.17) is 0 Å². The van der Waals surface area contributed by atoms with Crippen LogP contribution in [0, 0.1) is 0 Å². The quantitative estimate of drug-likeness (QED) is 0.878. The molecule has 104 valence electrons. The Hall–Kier alpha value is -1.55. The van der Waals surface area contributed by atoms with Gasteiger partial charge in [0.1, 0.15) is 0 Å². The van der Waals surface area contributed by atoms with Crippen molar-refractivity contribution in [2.45, 2.75) is 32.2 Å². The highest BCUT2D eigenvalue weighted by Gasteiger charge is 2.18. The number of carbonyl (C=O) groups excluding carboxylic acids is 1. The van der Waals surface area contributed by atoms with Gasteiger partial charge in [0, 0.05) is 11.7 Å². The number of likely N-dealkylation sites (tertiary alicyclic amines) is 1. The summed E-state index contributed by atoms with van der Waals surface area (Å²) in [6.45, 7) is 4.21. The van der Waals surface area contributed by atoms with Crippen molar-refractivity contribution >= 4 is 11.7 Å². The lowest BCUT2D eigenvalue weighted by Gasteiger charge is -2.29. The maximum Gasteiger partial charge on any atom is 0.319 e. The predicted molar refractivity (Wildman–Crippen MR) is 78.5 cm³/mol. The number of carbonyl (C=O) groups is 1. The molecule has 0 unspecified atom stereocenters. The van der Waals surface area contributed by atoms with Gasteiger partial charge in [0.25, 0.3) is 0 Å². The fraction of sp³-hybridized carbons (Fsp3) is 0.533. The molecule has 4 nitrogen and oxygen atoms in total. The molecule has 0 saturated carbocycles. The summed E-state index contributed by atoms with van der Waals surface area (Å²) in [7, 11) is 2.12. The van der Waals surface area contributed by atoms with Crippen molar-refractivity contribution in [2.75, 3.05) is 25.5 Å². The molecule has 1 heterocycles. The van der Waals surface area contributed by atoms with Gasteiger partial charge in [-0.15, -0.1) is 0 Å². The van der Waals surface area contributed by atoms with Crippen LogP contribution in [-0.2, 0) is 6.42 Å². The molecular weight excluding hydrogens is 238 g/mol. The van der Waals surface area contributed by atoms with E-state index < -0.39 is 0 Å². The SMILES string of the molecule is CCc1cccc(NC(=O)NC2CCN(C)CC2)c1. The third-order valence-corrected chi connectivity index (χ3v) is 3.65. The van der Waals surface area contributed by atoms with Crippen LogP contribution < -0.4 is 10.6 Å². The Morgan fingerprint density at radius 3 is 2.79 bits per heavy atom. The summed E-state index contributed by atoms with van der Waals surface area (Å²) < 4.78 is 0. The minimum atomic E-state index is -0.0946. The maximum atomic E-state index is 11.9. The standard InChI is InChI=1S/C15H23N3O/c1-3-12-5-4-6-14(11-12)17-15(19)16-13-7-9-18(2)10-8-13/h4-6,11,13H,3,7-10H2,1-2H3,(H2,16,17,19). The fourth-order valence-corrected chi connectivity index (χ4v) is 2.37. The topological polar surface area (TPSA) is 44.4 Å². The van der Waals surface area contributed by atoms with E-state index in [1.165, 1.54) is 5.56 Å². The summed E-state index contributed by atoms with van der Waals surface area (Å²) in [5, 5.41) is 5.96. The molecule has 4 heteroatoms. The Balaban J connectivity index is 1.83. The molecule has 0 bridgehead atoms. The molecule has 1 aromatic carbocycles. The molecule has 0 aliphatic carbocycles. The molecule has 19 heavy (non-hydrogen) atoms. The number of rotatable bonds is 3. The monoisotopic (exact) mass is 261 g/mol. The van der Waals surface area contributed by atoms with Crippen LogP contribution in [0.3, 0.4) is 0 Å². The summed E-state index contributed by atoms with van der Waals surface area (Å²) in [5.74, 6) is 0. The number of piperidine rings is 1. The molecule has 2 N–H and O–H groups in total. The van der Waals surface area contributed by atoms with Crippen LogP contribution in [0.25, 0.3) is 0 Å². The third-order valence-electron chi connectivity index (χ3n) is 3.65. The zero-order chi connectivity index (χ0) is 13.7. The Bertz CT molecular complexity index is 425. The van der Waals surface area contributed by atoms with E-state index in [-0.39, 0.29) is 6.03 Å². The minimum absolute atomic E-state index is 0.0946. The van der Waals surface area contributed by atoms with Gasteiger partial charge < -0.3 is 15.5 Å². The number of anilines is 1.